The molecule has 7 nitrogen and oxygen atoms in total. The molecule has 3 heterocycles. The van der Waals surface area contributed by atoms with Crippen molar-refractivity contribution in [3.63, 3.8) is 0 Å². The summed E-state index contributed by atoms with van der Waals surface area (Å²) in [6.07, 6.45) is 4.91. The first kappa shape index (κ1) is 22.3. The fourth-order valence-electron chi connectivity index (χ4n) is 2.96. The molecule has 0 radical (unpaired) electrons. The number of nitrogens with zero attached hydrogens (tertiary/aromatic N) is 5. The van der Waals surface area contributed by atoms with Gasteiger partial charge in [0.15, 0.2) is 16.8 Å². The van der Waals surface area contributed by atoms with E-state index in [9.17, 15) is 4.79 Å². The molecule has 0 fully saturated rings. The van der Waals surface area contributed by atoms with Gasteiger partial charge in [-0.25, -0.2) is 4.98 Å². The summed E-state index contributed by atoms with van der Waals surface area (Å²) in [6, 6.07) is 13.8. The van der Waals surface area contributed by atoms with Crippen molar-refractivity contribution in [2.75, 3.05) is 11.1 Å². The van der Waals surface area contributed by atoms with Crippen molar-refractivity contribution in [1.82, 2.24) is 24.7 Å². The smallest absolute Gasteiger partial charge is 0.236 e. The third-order valence-corrected chi connectivity index (χ3v) is 6.42. The van der Waals surface area contributed by atoms with Gasteiger partial charge in [0.2, 0.25) is 5.91 Å². The Morgan fingerprint density at radius 1 is 1.09 bits per heavy atom. The lowest BCUT2D eigenvalue weighted by Crippen LogP contribution is -2.16. The molecule has 0 saturated carbocycles. The van der Waals surface area contributed by atoms with Gasteiger partial charge in [-0.15, -0.1) is 10.2 Å². The van der Waals surface area contributed by atoms with Crippen molar-refractivity contribution >= 4 is 46.7 Å². The van der Waals surface area contributed by atoms with E-state index in [1.807, 2.05) is 47.0 Å². The highest BCUT2D eigenvalue weighted by Crippen LogP contribution is 2.29. The quantitative estimate of drug-likeness (QED) is 0.366. The van der Waals surface area contributed by atoms with Crippen molar-refractivity contribution in [2.45, 2.75) is 18.6 Å². The summed E-state index contributed by atoms with van der Waals surface area (Å²) in [4.78, 5) is 20.8. The van der Waals surface area contributed by atoms with E-state index in [0.717, 1.165) is 11.1 Å². The molecule has 0 aliphatic carbocycles. The van der Waals surface area contributed by atoms with Crippen molar-refractivity contribution in [1.29, 1.82) is 0 Å². The molecule has 1 aromatic carbocycles. The van der Waals surface area contributed by atoms with Crippen molar-refractivity contribution in [3.05, 3.63) is 82.2 Å². The minimum absolute atomic E-state index is 0.111. The Kier molecular flexibility index (Phi) is 7.04. The maximum atomic E-state index is 12.5. The molecule has 162 valence electrons. The Hall–Kier alpha value is -2.94. The third-order valence-electron chi connectivity index (χ3n) is 4.61. The number of pyridine rings is 2. The van der Waals surface area contributed by atoms with E-state index in [4.69, 9.17) is 23.2 Å². The minimum atomic E-state index is -0.261. The average molecular weight is 485 g/mol. The van der Waals surface area contributed by atoms with Crippen LogP contribution in [0.1, 0.15) is 11.1 Å². The van der Waals surface area contributed by atoms with Crippen LogP contribution in [0.3, 0.4) is 0 Å². The number of carbonyl (C=O) groups excluding carboxylic acids is 1. The van der Waals surface area contributed by atoms with Crippen LogP contribution in [0.5, 0.6) is 0 Å². The molecule has 3 aromatic heterocycles. The zero-order valence-electron chi connectivity index (χ0n) is 17.0. The van der Waals surface area contributed by atoms with Gasteiger partial charge < -0.3 is 5.32 Å². The second-order valence-corrected chi connectivity index (χ2v) is 8.58. The Balaban J connectivity index is 1.54. The highest BCUT2D eigenvalue weighted by molar-refractivity contribution is 7.99. The molecule has 4 rings (SSSR count). The van der Waals surface area contributed by atoms with Gasteiger partial charge in [-0.05, 0) is 30.2 Å². The van der Waals surface area contributed by atoms with Gasteiger partial charge in [-0.1, -0.05) is 65.3 Å². The summed E-state index contributed by atoms with van der Waals surface area (Å²) in [5.74, 6) is 0.812. The molecule has 0 spiro atoms. The van der Waals surface area contributed by atoms with Gasteiger partial charge >= 0.3 is 0 Å². The maximum Gasteiger partial charge on any atom is 0.236 e. The molecule has 0 bridgehead atoms. The first-order valence-electron chi connectivity index (χ1n) is 9.63. The summed E-state index contributed by atoms with van der Waals surface area (Å²) in [5.41, 5.74) is 2.60. The molecular formula is C22H18Cl2N6OS. The second kappa shape index (κ2) is 10.1. The first-order chi connectivity index (χ1) is 15.5. The number of nitrogens with one attached hydrogen (secondary N) is 1. The van der Waals surface area contributed by atoms with Gasteiger partial charge in [0.25, 0.3) is 0 Å². The molecule has 0 atom stereocenters. The van der Waals surface area contributed by atoms with Crippen LogP contribution in [0.15, 0.2) is 66.2 Å². The first-order valence-corrected chi connectivity index (χ1v) is 11.4. The normalized spacial score (nSPS) is 10.8. The van der Waals surface area contributed by atoms with E-state index >= 15 is 0 Å². The van der Waals surface area contributed by atoms with E-state index in [1.54, 1.807) is 19.3 Å². The number of hydrogen-bond donors (Lipinski definition) is 1. The molecule has 0 aliphatic rings. The fraction of sp³-hybridized carbons (Fsp3) is 0.136. The zero-order valence-corrected chi connectivity index (χ0v) is 19.3. The molecule has 32 heavy (non-hydrogen) atoms. The highest BCUT2D eigenvalue weighted by atomic mass is 35.5. The molecule has 10 heteroatoms. The van der Waals surface area contributed by atoms with Crippen LogP contribution in [0.2, 0.25) is 10.0 Å². The minimum Gasteiger partial charge on any atom is -0.309 e. The van der Waals surface area contributed by atoms with Crippen LogP contribution in [0.4, 0.5) is 5.82 Å². The van der Waals surface area contributed by atoms with Crippen LogP contribution >= 0.6 is 35.0 Å². The molecule has 0 unspecified atom stereocenters. The lowest BCUT2D eigenvalue weighted by molar-refractivity contribution is -0.113. The summed E-state index contributed by atoms with van der Waals surface area (Å²) >= 11 is 13.5. The van der Waals surface area contributed by atoms with Gasteiger partial charge in [0.1, 0.15) is 0 Å². The number of anilines is 1. The fourth-order valence-corrected chi connectivity index (χ4v) is 4.08. The summed E-state index contributed by atoms with van der Waals surface area (Å²) in [5, 5.41) is 12.8. The Labute approximate surface area is 199 Å². The van der Waals surface area contributed by atoms with Gasteiger partial charge in [0.05, 0.1) is 22.3 Å². The molecule has 1 N–H and O–H groups in total. The van der Waals surface area contributed by atoms with Gasteiger partial charge in [0, 0.05) is 24.2 Å². The monoisotopic (exact) mass is 484 g/mol. The van der Waals surface area contributed by atoms with E-state index < -0.39 is 0 Å². The highest BCUT2D eigenvalue weighted by Gasteiger charge is 2.17. The van der Waals surface area contributed by atoms with Crippen LogP contribution in [0, 0.1) is 6.92 Å². The van der Waals surface area contributed by atoms with Crippen molar-refractivity contribution in [3.8, 4) is 11.4 Å². The summed E-state index contributed by atoms with van der Waals surface area (Å²) in [6.45, 7) is 2.33. The van der Waals surface area contributed by atoms with E-state index in [-0.39, 0.29) is 17.5 Å². The predicted molar refractivity (Wildman–Crippen MR) is 127 cm³/mol. The number of thioether (sulfide) groups is 1. The molecule has 1 amide bonds. The van der Waals surface area contributed by atoms with E-state index in [2.05, 4.69) is 25.5 Å². The lowest BCUT2D eigenvalue weighted by Gasteiger charge is -2.11. The number of rotatable bonds is 7. The summed E-state index contributed by atoms with van der Waals surface area (Å²) < 4.78 is 1.97. The maximum absolute atomic E-state index is 12.5. The Morgan fingerprint density at radius 3 is 2.66 bits per heavy atom. The van der Waals surface area contributed by atoms with Crippen LogP contribution in [-0.2, 0) is 11.3 Å². The van der Waals surface area contributed by atoms with Crippen LogP contribution in [-0.4, -0.2) is 36.4 Å². The topological polar surface area (TPSA) is 85.6 Å². The Morgan fingerprint density at radius 2 is 1.91 bits per heavy atom. The SMILES string of the molecule is Cc1c(Cl)cnc(NC(=O)CSc2nnc(-c3cccnc3)n2Cc2ccccc2)c1Cl. The van der Waals surface area contributed by atoms with E-state index in [1.165, 1.54) is 18.0 Å². The number of hydrogen-bond acceptors (Lipinski definition) is 6. The Bertz CT molecular complexity index is 1230. The van der Waals surface area contributed by atoms with Gasteiger partial charge in [-0.3, -0.25) is 14.3 Å². The van der Waals surface area contributed by atoms with E-state index in [0.29, 0.717) is 33.1 Å². The standard InChI is InChI=1S/C22H18Cl2N6OS/c1-14-17(23)11-26-20(19(14)24)27-18(31)13-32-22-29-28-21(16-8-5-9-25-10-16)30(22)12-15-6-3-2-4-7-15/h2-11H,12-13H2,1H3,(H,26,27,31). The largest absolute Gasteiger partial charge is 0.309 e. The number of halogens is 2. The third kappa shape index (κ3) is 5.09. The van der Waals surface area contributed by atoms with Crippen molar-refractivity contribution in [2.24, 2.45) is 0 Å². The van der Waals surface area contributed by atoms with Crippen LogP contribution in [0.25, 0.3) is 11.4 Å². The zero-order chi connectivity index (χ0) is 22.5. The average Bonchev–Trinajstić information content (AvgIpc) is 3.21. The number of aromatic nitrogens is 5. The lowest BCUT2D eigenvalue weighted by atomic mass is 10.2. The summed E-state index contributed by atoms with van der Waals surface area (Å²) in [7, 11) is 0. The number of benzene rings is 1. The second-order valence-electron chi connectivity index (χ2n) is 6.85. The van der Waals surface area contributed by atoms with Gasteiger partial charge in [-0.2, -0.15) is 0 Å². The molecular weight excluding hydrogens is 467 g/mol. The van der Waals surface area contributed by atoms with Crippen LogP contribution < -0.4 is 5.32 Å². The number of carbonyl (C=O) groups is 1. The predicted octanol–water partition coefficient (Wildman–Crippen LogP) is 5.13. The molecule has 4 aromatic rings. The van der Waals surface area contributed by atoms with Crippen molar-refractivity contribution < 1.29 is 4.79 Å². The number of amides is 1. The molecule has 0 aliphatic heterocycles. The molecule has 0 saturated heterocycles.